The Morgan fingerprint density at radius 3 is 2.00 bits per heavy atom. The molecule has 2 aliphatic carbocycles. The maximum Gasteiger partial charge on any atom is 0.316 e. The molecule has 168 valence electrons. The molecule has 0 fully saturated rings. The summed E-state index contributed by atoms with van der Waals surface area (Å²) >= 11 is 1.10. The molecule has 0 aromatic heterocycles. The van der Waals surface area contributed by atoms with Crippen molar-refractivity contribution in [2.75, 3.05) is 19.4 Å². The van der Waals surface area contributed by atoms with Crippen LogP contribution in [0.2, 0.25) is 0 Å². The number of nitrogens with zero attached hydrogens (tertiary/aromatic N) is 1. The Hall–Kier alpha value is -2.16. The first-order valence-electron chi connectivity index (χ1n) is 10.5. The van der Waals surface area contributed by atoms with Crippen LogP contribution in [0.25, 0.3) is 0 Å². The molecule has 31 heavy (non-hydrogen) atoms. The number of halogens is 2. The average Bonchev–Trinajstić information content (AvgIpc) is 3.37. The van der Waals surface area contributed by atoms with Crippen LogP contribution >= 0.6 is 11.9 Å². The molecule has 4 rings (SSSR count). The average molecular weight is 449 g/mol. The molecule has 0 aliphatic heterocycles. The van der Waals surface area contributed by atoms with Crippen LogP contribution in [0.4, 0.5) is 19.3 Å². The number of anilines is 1. The van der Waals surface area contributed by atoms with Crippen molar-refractivity contribution >= 4 is 23.7 Å². The Morgan fingerprint density at radius 2 is 1.58 bits per heavy atom. The molecule has 2 amide bonds. The van der Waals surface area contributed by atoms with Gasteiger partial charge in [0.25, 0.3) is 6.43 Å². The lowest BCUT2D eigenvalue weighted by Crippen LogP contribution is -2.26. The van der Waals surface area contributed by atoms with Gasteiger partial charge in [0.05, 0.1) is 6.04 Å². The minimum atomic E-state index is -2.39. The van der Waals surface area contributed by atoms with Gasteiger partial charge in [0.1, 0.15) is 0 Å². The zero-order chi connectivity index (χ0) is 22.5. The van der Waals surface area contributed by atoms with Crippen LogP contribution in [0.15, 0.2) is 35.2 Å². The fourth-order valence-electron chi connectivity index (χ4n) is 4.50. The summed E-state index contributed by atoms with van der Waals surface area (Å²) < 4.78 is 25.5. The number of aryl methyl sites for hydroxylation is 2. The number of rotatable bonds is 5. The van der Waals surface area contributed by atoms with Gasteiger partial charge in [-0.3, -0.25) is 10.0 Å². The van der Waals surface area contributed by atoms with Gasteiger partial charge in [-0.1, -0.05) is 18.2 Å². The van der Waals surface area contributed by atoms with E-state index < -0.39 is 18.5 Å². The number of nitrogens with one attached hydrogen (secondary N) is 1. The number of fused-ring (bicyclic) bond motifs is 2. The summed E-state index contributed by atoms with van der Waals surface area (Å²) in [4.78, 5) is 13.5. The molecule has 2 aliphatic rings. The summed E-state index contributed by atoms with van der Waals surface area (Å²) in [6.45, 7) is 0. The molecule has 0 bridgehead atoms. The van der Waals surface area contributed by atoms with Gasteiger partial charge >= 0.3 is 6.03 Å². The number of nitrogens with two attached hydrogens (primary N) is 2. The minimum Gasteiger partial charge on any atom is -0.351 e. The number of hydrogen-bond acceptors (Lipinski definition) is 4. The Labute approximate surface area is 186 Å². The third-order valence-corrected chi connectivity index (χ3v) is 6.42. The molecule has 2 aromatic rings. The topological polar surface area (TPSA) is 84.4 Å². The summed E-state index contributed by atoms with van der Waals surface area (Å²) in [7, 11) is 3.28. The number of primary amides is 1. The molecule has 0 radical (unpaired) electrons. The number of alkyl halides is 2. The van der Waals surface area contributed by atoms with Gasteiger partial charge in [-0.25, -0.2) is 13.6 Å². The lowest BCUT2D eigenvalue weighted by molar-refractivity contribution is 0.0488. The predicted octanol–water partition coefficient (Wildman–Crippen LogP) is 4.67. The maximum absolute atomic E-state index is 12.7. The van der Waals surface area contributed by atoms with E-state index in [1.165, 1.54) is 40.0 Å². The third-order valence-electron chi connectivity index (χ3n) is 5.87. The molecule has 0 saturated heterocycles. The number of carbonyl (C=O) groups excluding carboxylic acids is 1. The van der Waals surface area contributed by atoms with Crippen LogP contribution in [-0.4, -0.2) is 31.5 Å². The van der Waals surface area contributed by atoms with Crippen LogP contribution in [0.3, 0.4) is 0 Å². The molecule has 5 N–H and O–H groups in total. The van der Waals surface area contributed by atoms with Gasteiger partial charge in [-0.15, -0.1) is 0 Å². The molecule has 0 spiro atoms. The van der Waals surface area contributed by atoms with E-state index in [0.717, 1.165) is 48.2 Å². The van der Waals surface area contributed by atoms with Crippen molar-refractivity contribution < 1.29 is 13.6 Å². The second-order valence-electron chi connectivity index (χ2n) is 8.15. The van der Waals surface area contributed by atoms with E-state index in [-0.39, 0.29) is 0 Å². The van der Waals surface area contributed by atoms with E-state index >= 15 is 0 Å². The molecule has 1 unspecified atom stereocenters. The zero-order valence-electron chi connectivity index (χ0n) is 18.0. The van der Waals surface area contributed by atoms with Gasteiger partial charge in [-0.2, -0.15) is 0 Å². The fraction of sp³-hybridized carbons (Fsp3) is 0.435. The van der Waals surface area contributed by atoms with Crippen LogP contribution < -0.4 is 16.2 Å². The summed E-state index contributed by atoms with van der Waals surface area (Å²) in [6, 6.07) is 7.92. The molecule has 8 heteroatoms. The summed E-state index contributed by atoms with van der Waals surface area (Å²) in [5.74, 6) is 0. The van der Waals surface area contributed by atoms with Gasteiger partial charge in [0, 0.05) is 10.6 Å². The number of urea groups is 1. The lowest BCUT2D eigenvalue weighted by Gasteiger charge is -2.23. The summed E-state index contributed by atoms with van der Waals surface area (Å²) in [6.07, 6.45) is 4.47. The van der Waals surface area contributed by atoms with Crippen molar-refractivity contribution in [2.45, 2.75) is 55.9 Å². The van der Waals surface area contributed by atoms with Crippen molar-refractivity contribution in [1.82, 2.24) is 4.90 Å². The quantitative estimate of drug-likeness (QED) is 0.580. The maximum atomic E-state index is 12.7. The number of carbonyl (C=O) groups is 1. The highest BCUT2D eigenvalue weighted by atomic mass is 32.2. The van der Waals surface area contributed by atoms with Crippen LogP contribution in [0.1, 0.15) is 46.7 Å². The van der Waals surface area contributed by atoms with Gasteiger partial charge in [0.2, 0.25) is 0 Å². The van der Waals surface area contributed by atoms with Crippen molar-refractivity contribution in [2.24, 2.45) is 10.9 Å². The second kappa shape index (κ2) is 10.4. The van der Waals surface area contributed by atoms with E-state index in [1.54, 1.807) is 38.4 Å². The highest BCUT2D eigenvalue weighted by molar-refractivity contribution is 7.97. The van der Waals surface area contributed by atoms with Crippen molar-refractivity contribution in [3.63, 3.8) is 0 Å². The molecule has 2 aromatic carbocycles. The van der Waals surface area contributed by atoms with Crippen LogP contribution in [0, 0.1) is 0 Å². The first-order valence-corrected chi connectivity index (χ1v) is 11.3. The van der Waals surface area contributed by atoms with Crippen LogP contribution in [0.5, 0.6) is 0 Å². The Balaban J connectivity index is 0.000000176. The monoisotopic (exact) mass is 448 g/mol. The normalized spacial score (nSPS) is 15.3. The first kappa shape index (κ1) is 23.5. The lowest BCUT2D eigenvalue weighted by atomic mass is 9.99. The molecule has 0 saturated carbocycles. The molecule has 5 nitrogen and oxygen atoms in total. The zero-order valence-corrected chi connectivity index (χ0v) is 18.8. The highest BCUT2D eigenvalue weighted by Crippen LogP contribution is 2.38. The molecule has 0 heterocycles. The Bertz CT molecular complexity index is 879. The fourth-order valence-corrected chi connectivity index (χ4v) is 4.80. The second-order valence-corrected chi connectivity index (χ2v) is 8.86. The van der Waals surface area contributed by atoms with Gasteiger partial charge < -0.3 is 11.1 Å². The molecular formula is C23H30F2N4OS. The Morgan fingerprint density at radius 1 is 1.03 bits per heavy atom. The van der Waals surface area contributed by atoms with E-state index in [0.29, 0.717) is 5.56 Å². The largest absolute Gasteiger partial charge is 0.351 e. The number of amides is 2. The van der Waals surface area contributed by atoms with Gasteiger partial charge in [0.15, 0.2) is 0 Å². The van der Waals surface area contributed by atoms with Crippen molar-refractivity contribution in [3.05, 3.63) is 58.1 Å². The van der Waals surface area contributed by atoms with E-state index in [9.17, 15) is 13.6 Å². The smallest absolute Gasteiger partial charge is 0.316 e. The van der Waals surface area contributed by atoms with Crippen molar-refractivity contribution in [1.29, 1.82) is 0 Å². The number of hydrogen-bond donors (Lipinski definition) is 3. The van der Waals surface area contributed by atoms with E-state index in [4.69, 9.17) is 10.9 Å². The SMILES string of the molecule is CN(C)C(c1ccc(SN)cc1)C(F)F.NC(=O)Nc1c2c(cc3c1CCC3)CCC2. The molecular weight excluding hydrogens is 418 g/mol. The minimum absolute atomic E-state index is 0.436. The Kier molecular flexibility index (Phi) is 7.91. The standard InChI is InChI=1S/C13H16N2O.C10H14F2N2S/c14-13(16)15-12-10-5-1-3-8(10)7-9-4-2-6-11(9)12;1-14(2)9(10(11)12)7-3-5-8(15-13)6-4-7/h7H,1-6H2,(H3,14,15,16);3-6,9-10H,13H2,1-2H3. The predicted molar refractivity (Wildman–Crippen MR) is 123 cm³/mol. The van der Waals surface area contributed by atoms with E-state index in [2.05, 4.69) is 11.4 Å². The van der Waals surface area contributed by atoms with E-state index in [1.807, 2.05) is 0 Å². The molecule has 1 atom stereocenters. The third kappa shape index (κ3) is 5.56. The summed E-state index contributed by atoms with van der Waals surface area (Å²) in [5, 5.41) is 8.20. The number of benzene rings is 2. The van der Waals surface area contributed by atoms with Gasteiger partial charge in [-0.05, 0) is 105 Å². The van der Waals surface area contributed by atoms with Crippen molar-refractivity contribution in [3.8, 4) is 0 Å². The summed E-state index contributed by atoms with van der Waals surface area (Å²) in [5.41, 5.74) is 12.4. The first-order chi connectivity index (χ1) is 14.8. The highest BCUT2D eigenvalue weighted by Gasteiger charge is 2.25. The van der Waals surface area contributed by atoms with Crippen LogP contribution in [-0.2, 0) is 25.7 Å².